The van der Waals surface area contributed by atoms with Crippen molar-refractivity contribution in [1.29, 1.82) is 0 Å². The van der Waals surface area contributed by atoms with Crippen LogP contribution in [0, 0.1) is 5.92 Å². The van der Waals surface area contributed by atoms with Crippen LogP contribution in [0.4, 0.5) is 0 Å². The average molecular weight is 252 g/mol. The zero-order valence-corrected chi connectivity index (χ0v) is 11.5. The molecule has 2 heteroatoms. The monoisotopic (exact) mass is 251 g/mol. The maximum atomic E-state index is 6.23. The average Bonchev–Trinajstić information content (AvgIpc) is 2.29. The number of hydrogen-bond donors (Lipinski definition) is 1. The standard InChI is InChI=1S/C15H22ClN/c1-11-6-5-7-13(10-11)17-12(2)14-8-3-4-9-15(14)16/h3-4,8-9,11-13,17H,5-7,10H2,1-2H3/t11?,12-,13?/m0/s1. The molecule has 1 aromatic carbocycles. The van der Waals surface area contributed by atoms with E-state index in [0.29, 0.717) is 12.1 Å². The SMILES string of the molecule is CC1CCCC(N[C@@H](C)c2ccccc2Cl)C1. The van der Waals surface area contributed by atoms with Crippen molar-refractivity contribution in [2.24, 2.45) is 5.92 Å². The van der Waals surface area contributed by atoms with E-state index in [1.165, 1.54) is 31.2 Å². The highest BCUT2D eigenvalue weighted by molar-refractivity contribution is 6.31. The predicted molar refractivity (Wildman–Crippen MR) is 74.4 cm³/mol. The lowest BCUT2D eigenvalue weighted by Gasteiger charge is -2.30. The Morgan fingerprint density at radius 3 is 2.76 bits per heavy atom. The highest BCUT2D eigenvalue weighted by Crippen LogP contribution is 2.27. The van der Waals surface area contributed by atoms with Crippen molar-refractivity contribution in [2.45, 2.75) is 51.6 Å². The molecule has 17 heavy (non-hydrogen) atoms. The van der Waals surface area contributed by atoms with Gasteiger partial charge in [0.2, 0.25) is 0 Å². The highest BCUT2D eigenvalue weighted by Gasteiger charge is 2.21. The van der Waals surface area contributed by atoms with Crippen LogP contribution in [0.15, 0.2) is 24.3 Å². The molecular formula is C15H22ClN. The smallest absolute Gasteiger partial charge is 0.0453 e. The minimum Gasteiger partial charge on any atom is -0.307 e. The third-order valence-electron chi connectivity index (χ3n) is 3.79. The molecule has 94 valence electrons. The maximum absolute atomic E-state index is 6.23. The molecule has 1 N–H and O–H groups in total. The van der Waals surface area contributed by atoms with E-state index in [1.54, 1.807) is 0 Å². The molecule has 1 aliphatic rings. The van der Waals surface area contributed by atoms with E-state index in [-0.39, 0.29) is 0 Å². The largest absolute Gasteiger partial charge is 0.307 e. The van der Waals surface area contributed by atoms with Gasteiger partial charge in [-0.2, -0.15) is 0 Å². The van der Waals surface area contributed by atoms with E-state index < -0.39 is 0 Å². The summed E-state index contributed by atoms with van der Waals surface area (Å²) in [5, 5.41) is 4.59. The summed E-state index contributed by atoms with van der Waals surface area (Å²) in [5.41, 5.74) is 1.22. The summed E-state index contributed by atoms with van der Waals surface area (Å²) >= 11 is 6.23. The Morgan fingerprint density at radius 1 is 1.29 bits per heavy atom. The predicted octanol–water partition coefficient (Wildman–Crippen LogP) is 4.57. The first kappa shape index (κ1) is 12.9. The first-order valence-electron chi connectivity index (χ1n) is 6.67. The van der Waals surface area contributed by atoms with Gasteiger partial charge in [-0.25, -0.2) is 0 Å². The molecule has 1 aliphatic carbocycles. The van der Waals surface area contributed by atoms with Gasteiger partial charge in [0.25, 0.3) is 0 Å². The zero-order valence-electron chi connectivity index (χ0n) is 10.7. The third kappa shape index (κ3) is 3.46. The fourth-order valence-electron chi connectivity index (χ4n) is 2.86. The summed E-state index contributed by atoms with van der Waals surface area (Å²) in [6.45, 7) is 4.56. The topological polar surface area (TPSA) is 12.0 Å². The summed E-state index contributed by atoms with van der Waals surface area (Å²) in [5.74, 6) is 0.861. The van der Waals surface area contributed by atoms with Crippen molar-refractivity contribution in [2.75, 3.05) is 0 Å². The molecule has 0 amide bonds. The minimum absolute atomic E-state index is 0.346. The lowest BCUT2D eigenvalue weighted by molar-refractivity contribution is 0.285. The van der Waals surface area contributed by atoms with Gasteiger partial charge >= 0.3 is 0 Å². The van der Waals surface area contributed by atoms with E-state index in [9.17, 15) is 0 Å². The van der Waals surface area contributed by atoms with Crippen LogP contribution in [-0.2, 0) is 0 Å². The maximum Gasteiger partial charge on any atom is 0.0453 e. The lowest BCUT2D eigenvalue weighted by atomic mass is 9.86. The van der Waals surface area contributed by atoms with Crippen molar-refractivity contribution < 1.29 is 0 Å². The second-order valence-corrected chi connectivity index (χ2v) is 5.79. The third-order valence-corrected chi connectivity index (χ3v) is 4.14. The second-order valence-electron chi connectivity index (χ2n) is 5.38. The number of nitrogens with one attached hydrogen (secondary N) is 1. The van der Waals surface area contributed by atoms with Gasteiger partial charge in [-0.1, -0.05) is 49.6 Å². The van der Waals surface area contributed by atoms with Gasteiger partial charge < -0.3 is 5.32 Å². The molecule has 0 spiro atoms. The first-order valence-corrected chi connectivity index (χ1v) is 7.05. The van der Waals surface area contributed by atoms with Crippen LogP contribution in [0.2, 0.25) is 5.02 Å². The normalized spacial score (nSPS) is 26.8. The van der Waals surface area contributed by atoms with Gasteiger partial charge in [0.05, 0.1) is 0 Å². The quantitative estimate of drug-likeness (QED) is 0.830. The summed E-state index contributed by atoms with van der Waals surface area (Å²) < 4.78 is 0. The van der Waals surface area contributed by atoms with Gasteiger partial charge in [-0.15, -0.1) is 0 Å². The van der Waals surface area contributed by atoms with Crippen LogP contribution < -0.4 is 5.32 Å². The molecule has 0 saturated heterocycles. The fourth-order valence-corrected chi connectivity index (χ4v) is 3.15. The van der Waals surface area contributed by atoms with E-state index in [2.05, 4.69) is 31.3 Å². The summed E-state index contributed by atoms with van der Waals surface area (Å²) in [4.78, 5) is 0. The van der Waals surface area contributed by atoms with Crippen LogP contribution >= 0.6 is 11.6 Å². The molecule has 0 bridgehead atoms. The summed E-state index contributed by atoms with van der Waals surface area (Å²) in [7, 11) is 0. The molecule has 1 aromatic rings. The summed E-state index contributed by atoms with van der Waals surface area (Å²) in [6, 6.07) is 9.14. The Labute approximate surface area is 110 Å². The van der Waals surface area contributed by atoms with Crippen LogP contribution in [0.25, 0.3) is 0 Å². The molecule has 1 fully saturated rings. The van der Waals surface area contributed by atoms with E-state index in [0.717, 1.165) is 10.9 Å². The van der Waals surface area contributed by atoms with Gasteiger partial charge in [-0.05, 0) is 37.3 Å². The van der Waals surface area contributed by atoms with Crippen molar-refractivity contribution in [3.63, 3.8) is 0 Å². The molecular weight excluding hydrogens is 230 g/mol. The molecule has 0 aliphatic heterocycles. The molecule has 1 nitrogen and oxygen atoms in total. The Hall–Kier alpha value is -0.530. The van der Waals surface area contributed by atoms with Gasteiger partial charge in [0.15, 0.2) is 0 Å². The first-order chi connectivity index (χ1) is 8.16. The van der Waals surface area contributed by atoms with Crippen LogP contribution in [0.5, 0.6) is 0 Å². The molecule has 0 heterocycles. The molecule has 0 aromatic heterocycles. The highest BCUT2D eigenvalue weighted by atomic mass is 35.5. The minimum atomic E-state index is 0.346. The van der Waals surface area contributed by atoms with E-state index >= 15 is 0 Å². The number of hydrogen-bond acceptors (Lipinski definition) is 1. The number of halogens is 1. The van der Waals surface area contributed by atoms with Crippen LogP contribution in [0.1, 0.15) is 51.1 Å². The Balaban J connectivity index is 1.97. The molecule has 3 atom stereocenters. The number of benzene rings is 1. The molecule has 0 radical (unpaired) electrons. The second kappa shape index (κ2) is 5.88. The van der Waals surface area contributed by atoms with Gasteiger partial charge in [0, 0.05) is 17.1 Å². The fraction of sp³-hybridized carbons (Fsp3) is 0.600. The Kier molecular flexibility index (Phi) is 4.47. The lowest BCUT2D eigenvalue weighted by Crippen LogP contribution is -2.35. The molecule has 2 rings (SSSR count). The van der Waals surface area contributed by atoms with Crippen molar-refractivity contribution in [1.82, 2.24) is 5.32 Å². The molecule has 2 unspecified atom stereocenters. The van der Waals surface area contributed by atoms with Crippen molar-refractivity contribution >= 4 is 11.6 Å². The van der Waals surface area contributed by atoms with E-state index in [1.807, 2.05) is 12.1 Å². The van der Waals surface area contributed by atoms with Crippen LogP contribution in [0.3, 0.4) is 0 Å². The zero-order chi connectivity index (χ0) is 12.3. The van der Waals surface area contributed by atoms with Gasteiger partial charge in [-0.3, -0.25) is 0 Å². The van der Waals surface area contributed by atoms with Gasteiger partial charge in [0.1, 0.15) is 0 Å². The van der Waals surface area contributed by atoms with E-state index in [4.69, 9.17) is 11.6 Å². The summed E-state index contributed by atoms with van der Waals surface area (Å²) in [6.07, 6.45) is 5.35. The molecule has 1 saturated carbocycles. The van der Waals surface area contributed by atoms with Crippen molar-refractivity contribution in [3.05, 3.63) is 34.9 Å². The Bertz CT molecular complexity index is 364. The Morgan fingerprint density at radius 2 is 2.06 bits per heavy atom. The number of rotatable bonds is 3. The van der Waals surface area contributed by atoms with Crippen molar-refractivity contribution in [3.8, 4) is 0 Å². The van der Waals surface area contributed by atoms with Crippen LogP contribution in [-0.4, -0.2) is 6.04 Å².